The summed E-state index contributed by atoms with van der Waals surface area (Å²) >= 11 is 0. The van der Waals surface area contributed by atoms with Gasteiger partial charge in [0.15, 0.2) is 0 Å². The van der Waals surface area contributed by atoms with Gasteiger partial charge in [-0.1, -0.05) is 30.3 Å². The Morgan fingerprint density at radius 2 is 2.17 bits per heavy atom. The molecule has 1 aromatic carbocycles. The average molecular weight is 326 g/mol. The summed E-state index contributed by atoms with van der Waals surface area (Å²) < 4.78 is 2.11. The van der Waals surface area contributed by atoms with Crippen molar-refractivity contribution in [1.29, 1.82) is 0 Å². The molecular formula is C19H26N4O. The Bertz CT molecular complexity index is 652. The second-order valence-electron chi connectivity index (χ2n) is 6.54. The van der Waals surface area contributed by atoms with Crippen LogP contribution in [0.5, 0.6) is 0 Å². The van der Waals surface area contributed by atoms with Crippen molar-refractivity contribution < 1.29 is 4.79 Å². The Hall–Kier alpha value is -2.30. The number of carbonyl (C=O) groups excluding carboxylic acids is 1. The number of nitrogens with one attached hydrogen (secondary N) is 1. The lowest BCUT2D eigenvalue weighted by Gasteiger charge is -2.17. The molecule has 1 N–H and O–H groups in total. The lowest BCUT2D eigenvalue weighted by molar-refractivity contribution is 0.206. The van der Waals surface area contributed by atoms with Gasteiger partial charge >= 0.3 is 6.03 Å². The third-order valence-electron chi connectivity index (χ3n) is 4.72. The normalized spacial score (nSPS) is 17.2. The smallest absolute Gasteiger partial charge is 0.317 e. The van der Waals surface area contributed by atoms with E-state index in [-0.39, 0.29) is 6.03 Å². The molecule has 1 aromatic heterocycles. The summed E-state index contributed by atoms with van der Waals surface area (Å²) in [4.78, 5) is 18.4. The van der Waals surface area contributed by atoms with Crippen molar-refractivity contribution in [2.45, 2.75) is 32.7 Å². The number of benzene rings is 1. The summed E-state index contributed by atoms with van der Waals surface area (Å²) in [5.74, 6) is 1.59. The van der Waals surface area contributed by atoms with Gasteiger partial charge in [-0.15, -0.1) is 0 Å². The maximum absolute atomic E-state index is 12.3. The number of imidazole rings is 1. The fraction of sp³-hybridized carbons (Fsp3) is 0.474. The van der Waals surface area contributed by atoms with Crippen LogP contribution in [-0.4, -0.2) is 40.1 Å². The quantitative estimate of drug-likeness (QED) is 0.830. The molecule has 0 saturated carbocycles. The van der Waals surface area contributed by atoms with Gasteiger partial charge < -0.3 is 14.8 Å². The summed E-state index contributed by atoms with van der Waals surface area (Å²) in [7, 11) is 0. The van der Waals surface area contributed by atoms with Crippen LogP contribution in [0.15, 0.2) is 42.7 Å². The van der Waals surface area contributed by atoms with Crippen LogP contribution in [0, 0.1) is 12.8 Å². The van der Waals surface area contributed by atoms with E-state index >= 15 is 0 Å². The van der Waals surface area contributed by atoms with Gasteiger partial charge in [0.05, 0.1) is 0 Å². The monoisotopic (exact) mass is 326 g/mol. The standard InChI is InChI=1S/C19H26N4O/c1-16-20-10-13-22(16)11-5-9-21-19(24)23-12-8-18(15-23)14-17-6-3-2-4-7-17/h2-4,6-7,10,13,18H,5,8-9,11-12,14-15H2,1H3,(H,21,24). The van der Waals surface area contributed by atoms with E-state index < -0.39 is 0 Å². The average Bonchev–Trinajstić information content (AvgIpc) is 3.22. The van der Waals surface area contributed by atoms with Crippen molar-refractivity contribution in [3.05, 3.63) is 54.1 Å². The van der Waals surface area contributed by atoms with Crippen molar-refractivity contribution >= 4 is 6.03 Å². The topological polar surface area (TPSA) is 50.2 Å². The number of hydrogen-bond donors (Lipinski definition) is 1. The van der Waals surface area contributed by atoms with E-state index in [1.807, 2.05) is 30.3 Å². The number of urea groups is 1. The van der Waals surface area contributed by atoms with E-state index in [9.17, 15) is 4.79 Å². The second kappa shape index (κ2) is 7.99. The molecule has 3 rings (SSSR count). The molecule has 1 aliphatic rings. The van der Waals surface area contributed by atoms with Gasteiger partial charge in [0.2, 0.25) is 0 Å². The molecule has 0 spiro atoms. The largest absolute Gasteiger partial charge is 0.338 e. The fourth-order valence-electron chi connectivity index (χ4n) is 3.33. The van der Waals surface area contributed by atoms with E-state index in [2.05, 4.69) is 39.1 Å². The van der Waals surface area contributed by atoms with Gasteiger partial charge in [0.25, 0.3) is 0 Å². The highest BCUT2D eigenvalue weighted by Crippen LogP contribution is 2.20. The molecule has 0 aliphatic carbocycles. The van der Waals surface area contributed by atoms with Gasteiger partial charge in [0.1, 0.15) is 5.82 Å². The van der Waals surface area contributed by atoms with Crippen molar-refractivity contribution in [3.8, 4) is 0 Å². The van der Waals surface area contributed by atoms with Crippen LogP contribution in [0.2, 0.25) is 0 Å². The SMILES string of the molecule is Cc1nccn1CCCNC(=O)N1CCC(Cc2ccccc2)C1. The Morgan fingerprint density at radius 1 is 1.33 bits per heavy atom. The Balaban J connectivity index is 1.36. The first-order valence-electron chi connectivity index (χ1n) is 8.77. The highest BCUT2D eigenvalue weighted by atomic mass is 16.2. The molecule has 5 nitrogen and oxygen atoms in total. The Labute approximate surface area is 143 Å². The summed E-state index contributed by atoms with van der Waals surface area (Å²) in [5, 5.41) is 3.04. The zero-order valence-electron chi connectivity index (χ0n) is 14.3. The van der Waals surface area contributed by atoms with Crippen molar-refractivity contribution in [1.82, 2.24) is 19.8 Å². The van der Waals surface area contributed by atoms with Gasteiger partial charge in [-0.2, -0.15) is 0 Å². The molecule has 2 amide bonds. The number of nitrogens with zero attached hydrogens (tertiary/aromatic N) is 3. The fourth-order valence-corrected chi connectivity index (χ4v) is 3.33. The maximum atomic E-state index is 12.3. The lowest BCUT2D eigenvalue weighted by atomic mass is 9.99. The number of likely N-dealkylation sites (tertiary alicyclic amines) is 1. The van der Waals surface area contributed by atoms with Crippen LogP contribution in [0.4, 0.5) is 4.79 Å². The number of amides is 2. The van der Waals surface area contributed by atoms with Crippen LogP contribution >= 0.6 is 0 Å². The van der Waals surface area contributed by atoms with E-state index in [1.165, 1.54) is 5.56 Å². The van der Waals surface area contributed by atoms with Crippen molar-refractivity contribution in [2.24, 2.45) is 5.92 Å². The van der Waals surface area contributed by atoms with Crippen molar-refractivity contribution in [2.75, 3.05) is 19.6 Å². The zero-order valence-corrected chi connectivity index (χ0v) is 14.3. The summed E-state index contributed by atoms with van der Waals surface area (Å²) in [6.45, 7) is 5.32. The Kier molecular flexibility index (Phi) is 5.51. The van der Waals surface area contributed by atoms with E-state index in [1.54, 1.807) is 0 Å². The molecule has 1 atom stereocenters. The highest BCUT2D eigenvalue weighted by Gasteiger charge is 2.25. The molecule has 24 heavy (non-hydrogen) atoms. The van der Waals surface area contributed by atoms with Gasteiger partial charge in [-0.05, 0) is 37.7 Å². The van der Waals surface area contributed by atoms with Crippen LogP contribution in [-0.2, 0) is 13.0 Å². The molecule has 1 unspecified atom stereocenters. The van der Waals surface area contributed by atoms with E-state index in [4.69, 9.17) is 0 Å². The molecule has 0 bridgehead atoms. The van der Waals surface area contributed by atoms with Gasteiger partial charge in [0, 0.05) is 38.6 Å². The molecule has 1 saturated heterocycles. The number of hydrogen-bond acceptors (Lipinski definition) is 2. The second-order valence-corrected chi connectivity index (χ2v) is 6.54. The minimum atomic E-state index is 0.0768. The number of aromatic nitrogens is 2. The molecular weight excluding hydrogens is 300 g/mol. The molecule has 1 fully saturated rings. The van der Waals surface area contributed by atoms with Crippen molar-refractivity contribution in [3.63, 3.8) is 0 Å². The van der Waals surface area contributed by atoms with Crippen LogP contribution in [0.3, 0.4) is 0 Å². The molecule has 1 aliphatic heterocycles. The molecule has 2 heterocycles. The number of carbonyl (C=O) groups is 1. The van der Waals surface area contributed by atoms with E-state index in [0.29, 0.717) is 12.5 Å². The van der Waals surface area contributed by atoms with Crippen LogP contribution < -0.4 is 5.32 Å². The van der Waals surface area contributed by atoms with Gasteiger partial charge in [-0.25, -0.2) is 9.78 Å². The first-order chi connectivity index (χ1) is 11.7. The third-order valence-corrected chi connectivity index (χ3v) is 4.72. The number of rotatable bonds is 6. The summed E-state index contributed by atoms with van der Waals surface area (Å²) in [6.07, 6.45) is 6.86. The zero-order chi connectivity index (χ0) is 16.8. The maximum Gasteiger partial charge on any atom is 0.317 e. The highest BCUT2D eigenvalue weighted by molar-refractivity contribution is 5.74. The van der Waals surface area contributed by atoms with Crippen LogP contribution in [0.25, 0.3) is 0 Å². The number of aryl methyl sites for hydroxylation is 2. The molecule has 128 valence electrons. The van der Waals surface area contributed by atoms with Gasteiger partial charge in [-0.3, -0.25) is 0 Å². The van der Waals surface area contributed by atoms with E-state index in [0.717, 1.165) is 44.7 Å². The predicted octanol–water partition coefficient (Wildman–Crippen LogP) is 2.86. The summed E-state index contributed by atoms with van der Waals surface area (Å²) in [6, 6.07) is 10.6. The van der Waals surface area contributed by atoms with Crippen LogP contribution in [0.1, 0.15) is 24.2 Å². The minimum Gasteiger partial charge on any atom is -0.338 e. The summed E-state index contributed by atoms with van der Waals surface area (Å²) in [5.41, 5.74) is 1.36. The lowest BCUT2D eigenvalue weighted by Crippen LogP contribution is -2.39. The Morgan fingerprint density at radius 3 is 2.92 bits per heavy atom. The predicted molar refractivity (Wildman–Crippen MR) is 94.8 cm³/mol. The first-order valence-corrected chi connectivity index (χ1v) is 8.77. The molecule has 5 heteroatoms. The first kappa shape index (κ1) is 16.6. The minimum absolute atomic E-state index is 0.0768. The molecule has 2 aromatic rings. The third kappa shape index (κ3) is 4.37. The molecule has 0 radical (unpaired) electrons.